The maximum atomic E-state index is 4.46. The monoisotopic (exact) mass is 348 g/mol. The number of hydrogen-bond acceptors (Lipinski definition) is 5. The van der Waals surface area contributed by atoms with Gasteiger partial charge in [-0.25, -0.2) is 4.68 Å². The predicted molar refractivity (Wildman–Crippen MR) is 102 cm³/mol. The van der Waals surface area contributed by atoms with Gasteiger partial charge in [0.1, 0.15) is 0 Å². The molecule has 1 aromatic heterocycles. The first-order chi connectivity index (χ1) is 12.1. The van der Waals surface area contributed by atoms with Crippen LogP contribution >= 0.6 is 0 Å². The van der Waals surface area contributed by atoms with Crippen LogP contribution in [0.2, 0.25) is 0 Å². The summed E-state index contributed by atoms with van der Waals surface area (Å²) >= 11 is 0. The van der Waals surface area contributed by atoms with E-state index in [-0.39, 0.29) is 0 Å². The molecule has 0 radical (unpaired) electrons. The fourth-order valence-corrected chi connectivity index (χ4v) is 4.32. The minimum Gasteiger partial charge on any atom is -0.308 e. The Morgan fingerprint density at radius 1 is 1.08 bits per heavy atom. The highest BCUT2D eigenvalue weighted by Crippen LogP contribution is 2.23. The molecule has 3 rings (SSSR count). The SMILES string of the molecule is C[C@H](CN(C)C)N1CCC(n2cc(CN3CCCCCC3)nn2)CC1. The van der Waals surface area contributed by atoms with Crippen LogP contribution in [0.4, 0.5) is 0 Å². The number of nitrogens with zero attached hydrogens (tertiary/aromatic N) is 6. The Balaban J connectivity index is 1.48. The number of piperidine rings is 1. The number of hydrogen-bond donors (Lipinski definition) is 0. The van der Waals surface area contributed by atoms with E-state index in [1.54, 1.807) is 0 Å². The standard InChI is InChI=1S/C19H36N6/c1-17(14-22(2)3)24-12-8-19(9-13-24)25-16-18(20-21-25)15-23-10-6-4-5-7-11-23/h16-17,19H,4-15H2,1-3H3/t17-/m1/s1. The van der Waals surface area contributed by atoms with E-state index in [1.807, 2.05) is 0 Å². The van der Waals surface area contributed by atoms with E-state index in [1.165, 1.54) is 64.7 Å². The smallest absolute Gasteiger partial charge is 0.0967 e. The predicted octanol–water partition coefficient (Wildman–Crippen LogP) is 2.24. The second kappa shape index (κ2) is 9.10. The van der Waals surface area contributed by atoms with Gasteiger partial charge in [-0.05, 0) is 59.8 Å². The minimum absolute atomic E-state index is 0.521. The van der Waals surface area contributed by atoms with Gasteiger partial charge >= 0.3 is 0 Å². The van der Waals surface area contributed by atoms with Gasteiger partial charge in [0.25, 0.3) is 0 Å². The number of rotatable bonds is 6. The van der Waals surface area contributed by atoms with Crippen molar-refractivity contribution < 1.29 is 0 Å². The molecule has 6 nitrogen and oxygen atoms in total. The molecule has 2 saturated heterocycles. The van der Waals surface area contributed by atoms with Crippen molar-refractivity contribution >= 4 is 0 Å². The third-order valence-electron chi connectivity index (χ3n) is 5.77. The van der Waals surface area contributed by atoms with E-state index in [4.69, 9.17) is 0 Å². The maximum absolute atomic E-state index is 4.46. The lowest BCUT2D eigenvalue weighted by Crippen LogP contribution is -2.44. The van der Waals surface area contributed by atoms with E-state index in [0.717, 1.165) is 18.8 Å². The molecule has 1 aromatic rings. The average molecular weight is 349 g/mol. The van der Waals surface area contributed by atoms with Crippen LogP contribution in [0.15, 0.2) is 6.20 Å². The minimum atomic E-state index is 0.521. The molecule has 142 valence electrons. The van der Waals surface area contributed by atoms with Crippen LogP contribution < -0.4 is 0 Å². The third kappa shape index (κ3) is 5.50. The van der Waals surface area contributed by atoms with E-state index in [9.17, 15) is 0 Å². The molecule has 25 heavy (non-hydrogen) atoms. The van der Waals surface area contributed by atoms with Crippen molar-refractivity contribution in [3.05, 3.63) is 11.9 Å². The second-order valence-electron chi connectivity index (χ2n) is 8.26. The summed E-state index contributed by atoms with van der Waals surface area (Å²) < 4.78 is 2.14. The number of likely N-dealkylation sites (N-methyl/N-ethyl adjacent to an activating group) is 1. The molecule has 0 N–H and O–H groups in total. The number of aromatic nitrogens is 3. The Kier molecular flexibility index (Phi) is 6.84. The van der Waals surface area contributed by atoms with Gasteiger partial charge in [0.15, 0.2) is 0 Å². The zero-order valence-corrected chi connectivity index (χ0v) is 16.4. The quantitative estimate of drug-likeness (QED) is 0.788. The Morgan fingerprint density at radius 2 is 1.76 bits per heavy atom. The molecular formula is C19H36N6. The van der Waals surface area contributed by atoms with Gasteiger partial charge in [0.2, 0.25) is 0 Å². The highest BCUT2D eigenvalue weighted by Gasteiger charge is 2.25. The van der Waals surface area contributed by atoms with Gasteiger partial charge in [-0.15, -0.1) is 5.10 Å². The van der Waals surface area contributed by atoms with Crippen molar-refractivity contribution in [3.63, 3.8) is 0 Å². The van der Waals surface area contributed by atoms with Crippen LogP contribution in [0.5, 0.6) is 0 Å². The van der Waals surface area contributed by atoms with Gasteiger partial charge < -0.3 is 4.90 Å². The first-order valence-corrected chi connectivity index (χ1v) is 10.1. The summed E-state index contributed by atoms with van der Waals surface area (Å²) in [5, 5.41) is 8.92. The van der Waals surface area contributed by atoms with Crippen molar-refractivity contribution in [2.24, 2.45) is 0 Å². The zero-order chi connectivity index (χ0) is 17.6. The topological polar surface area (TPSA) is 40.4 Å². The van der Waals surface area contributed by atoms with Crippen LogP contribution in [0.1, 0.15) is 57.2 Å². The van der Waals surface area contributed by atoms with Crippen LogP contribution in [0.25, 0.3) is 0 Å². The summed E-state index contributed by atoms with van der Waals surface area (Å²) in [6.45, 7) is 9.22. The van der Waals surface area contributed by atoms with Crippen LogP contribution in [-0.4, -0.2) is 82.6 Å². The van der Waals surface area contributed by atoms with E-state index >= 15 is 0 Å². The van der Waals surface area contributed by atoms with Crippen LogP contribution in [0.3, 0.4) is 0 Å². The molecule has 0 amide bonds. The lowest BCUT2D eigenvalue weighted by Gasteiger charge is -2.36. The summed E-state index contributed by atoms with van der Waals surface area (Å²) in [5.41, 5.74) is 1.14. The first-order valence-electron chi connectivity index (χ1n) is 10.1. The maximum Gasteiger partial charge on any atom is 0.0967 e. The Bertz CT molecular complexity index is 498. The Labute approximate surface area is 153 Å². The summed E-state index contributed by atoms with van der Waals surface area (Å²) in [6.07, 6.45) is 10.0. The lowest BCUT2D eigenvalue weighted by atomic mass is 10.0. The lowest BCUT2D eigenvalue weighted by molar-refractivity contribution is 0.120. The molecule has 0 aromatic carbocycles. The molecule has 0 unspecified atom stereocenters. The highest BCUT2D eigenvalue weighted by atomic mass is 15.4. The van der Waals surface area contributed by atoms with E-state index in [0.29, 0.717) is 12.1 Å². The summed E-state index contributed by atoms with van der Waals surface area (Å²) in [4.78, 5) is 7.45. The van der Waals surface area contributed by atoms with Gasteiger partial charge in [-0.2, -0.15) is 0 Å². The molecule has 6 heteroatoms. The van der Waals surface area contributed by atoms with E-state index in [2.05, 4.69) is 56.9 Å². The van der Waals surface area contributed by atoms with Crippen molar-refractivity contribution in [1.29, 1.82) is 0 Å². The van der Waals surface area contributed by atoms with E-state index < -0.39 is 0 Å². The molecule has 3 heterocycles. The van der Waals surface area contributed by atoms with Crippen molar-refractivity contribution in [2.75, 3.05) is 46.8 Å². The average Bonchev–Trinajstić information content (AvgIpc) is 2.90. The zero-order valence-electron chi connectivity index (χ0n) is 16.4. The largest absolute Gasteiger partial charge is 0.308 e. The fraction of sp³-hybridized carbons (Fsp3) is 0.895. The summed E-state index contributed by atoms with van der Waals surface area (Å²) in [5.74, 6) is 0. The van der Waals surface area contributed by atoms with Gasteiger partial charge in [0, 0.05) is 32.2 Å². The third-order valence-corrected chi connectivity index (χ3v) is 5.77. The Morgan fingerprint density at radius 3 is 2.40 bits per heavy atom. The fourth-order valence-electron chi connectivity index (χ4n) is 4.32. The molecule has 2 aliphatic rings. The Hall–Kier alpha value is -0.980. The first kappa shape index (κ1) is 18.8. The number of likely N-dealkylation sites (tertiary alicyclic amines) is 2. The normalized spacial score (nSPS) is 23.0. The summed E-state index contributed by atoms with van der Waals surface area (Å²) in [6, 6.07) is 1.15. The van der Waals surface area contributed by atoms with Crippen molar-refractivity contribution in [2.45, 2.75) is 64.1 Å². The molecule has 0 saturated carbocycles. The molecule has 0 aliphatic carbocycles. The van der Waals surface area contributed by atoms with Gasteiger partial charge in [-0.1, -0.05) is 18.1 Å². The molecule has 0 spiro atoms. The second-order valence-corrected chi connectivity index (χ2v) is 8.26. The molecule has 2 fully saturated rings. The molecular weight excluding hydrogens is 312 g/mol. The molecule has 1 atom stereocenters. The van der Waals surface area contributed by atoms with Crippen molar-refractivity contribution in [1.82, 2.24) is 29.7 Å². The van der Waals surface area contributed by atoms with Gasteiger partial charge in [-0.3, -0.25) is 9.80 Å². The van der Waals surface area contributed by atoms with Crippen molar-refractivity contribution in [3.8, 4) is 0 Å². The van der Waals surface area contributed by atoms with Crippen LogP contribution in [0, 0.1) is 0 Å². The molecule has 0 bridgehead atoms. The summed E-state index contributed by atoms with van der Waals surface area (Å²) in [7, 11) is 4.31. The molecule has 2 aliphatic heterocycles. The highest BCUT2D eigenvalue weighted by molar-refractivity contribution is 4.95. The van der Waals surface area contributed by atoms with Gasteiger partial charge in [0.05, 0.1) is 17.9 Å². The van der Waals surface area contributed by atoms with Crippen LogP contribution in [-0.2, 0) is 6.54 Å².